The number of carbonyl (C=O) groups excluding carboxylic acids is 1. The van der Waals surface area contributed by atoms with Crippen LogP contribution >= 0.6 is 23.4 Å². The molecule has 0 aromatic heterocycles. The molecule has 0 spiro atoms. The molecule has 3 aromatic rings. The first-order chi connectivity index (χ1) is 16.8. The lowest BCUT2D eigenvalue weighted by Gasteiger charge is -2.30. The normalized spacial score (nSPS) is 15.1. The van der Waals surface area contributed by atoms with E-state index in [9.17, 15) is 13.2 Å². The van der Waals surface area contributed by atoms with Crippen LogP contribution in [0.15, 0.2) is 77.7 Å². The summed E-state index contributed by atoms with van der Waals surface area (Å²) in [6, 6.07) is 23.2. The first kappa shape index (κ1) is 25.8. The third-order valence-electron chi connectivity index (χ3n) is 6.18. The van der Waals surface area contributed by atoms with Crippen molar-refractivity contribution in [1.82, 2.24) is 4.31 Å². The Labute approximate surface area is 216 Å². The molecule has 3 aromatic carbocycles. The summed E-state index contributed by atoms with van der Waals surface area (Å²) in [6.45, 7) is 2.70. The Balaban J connectivity index is 1.28. The molecule has 0 radical (unpaired) electrons. The molecule has 0 aliphatic carbocycles. The van der Waals surface area contributed by atoms with Crippen molar-refractivity contribution in [3.8, 4) is 0 Å². The van der Waals surface area contributed by atoms with E-state index in [1.165, 1.54) is 14.8 Å². The molecule has 5 nitrogen and oxygen atoms in total. The molecular weight excluding hydrogens is 500 g/mol. The van der Waals surface area contributed by atoms with Gasteiger partial charge in [0.15, 0.2) is 0 Å². The largest absolute Gasteiger partial charge is 0.326 e. The molecule has 0 saturated carbocycles. The van der Waals surface area contributed by atoms with E-state index in [0.717, 1.165) is 17.0 Å². The van der Waals surface area contributed by atoms with Gasteiger partial charge >= 0.3 is 0 Å². The van der Waals surface area contributed by atoms with Crippen LogP contribution in [0.3, 0.4) is 0 Å². The van der Waals surface area contributed by atoms with Gasteiger partial charge in [0.2, 0.25) is 15.9 Å². The standard InChI is InChI=1S/C27H29ClN2O3S2/c1-20-17-22(18-34-25-5-3-2-4-6-25)9-12-26(20)29-27(31)23-13-15-30(16-14-23)35(32,33)19-21-7-10-24(28)11-8-21/h2-12,17,23H,13-16,18-19H2,1H3,(H,29,31). The van der Waals surface area contributed by atoms with Crippen LogP contribution in [0.4, 0.5) is 5.69 Å². The van der Waals surface area contributed by atoms with E-state index < -0.39 is 10.0 Å². The van der Waals surface area contributed by atoms with Gasteiger partial charge in [-0.05, 0) is 66.8 Å². The first-order valence-corrected chi connectivity index (χ1v) is 14.6. The Hall–Kier alpha value is -2.32. The molecule has 0 atom stereocenters. The predicted octanol–water partition coefficient (Wildman–Crippen LogP) is 6.12. The van der Waals surface area contributed by atoms with Crippen molar-refractivity contribution in [1.29, 1.82) is 0 Å². The average Bonchev–Trinajstić information content (AvgIpc) is 2.86. The molecule has 8 heteroatoms. The van der Waals surface area contributed by atoms with Crippen LogP contribution in [0.2, 0.25) is 5.02 Å². The van der Waals surface area contributed by atoms with Crippen LogP contribution in [-0.4, -0.2) is 31.7 Å². The highest BCUT2D eigenvalue weighted by Gasteiger charge is 2.31. The number of carbonyl (C=O) groups is 1. The second-order valence-electron chi connectivity index (χ2n) is 8.80. The monoisotopic (exact) mass is 528 g/mol. The Bertz CT molecular complexity index is 1260. The summed E-state index contributed by atoms with van der Waals surface area (Å²) in [5.41, 5.74) is 3.73. The zero-order valence-electron chi connectivity index (χ0n) is 19.6. The summed E-state index contributed by atoms with van der Waals surface area (Å²) in [7, 11) is -3.44. The van der Waals surface area contributed by atoms with Crippen LogP contribution in [0, 0.1) is 12.8 Å². The number of hydrogen-bond donors (Lipinski definition) is 1. The maximum atomic E-state index is 12.9. The second-order valence-corrected chi connectivity index (χ2v) is 12.3. The number of nitrogens with one attached hydrogen (secondary N) is 1. The van der Waals surface area contributed by atoms with Gasteiger partial charge in [-0.25, -0.2) is 12.7 Å². The molecular formula is C27H29ClN2O3S2. The average molecular weight is 529 g/mol. The Kier molecular flexibility index (Phi) is 8.55. The molecule has 4 rings (SSSR count). The topological polar surface area (TPSA) is 66.5 Å². The fourth-order valence-electron chi connectivity index (χ4n) is 4.15. The SMILES string of the molecule is Cc1cc(CSc2ccccc2)ccc1NC(=O)C1CCN(S(=O)(=O)Cc2ccc(Cl)cc2)CC1. The maximum absolute atomic E-state index is 12.9. The lowest BCUT2D eigenvalue weighted by Crippen LogP contribution is -2.41. The zero-order valence-corrected chi connectivity index (χ0v) is 22.0. The summed E-state index contributed by atoms with van der Waals surface area (Å²) in [5, 5.41) is 3.63. The Morgan fingerprint density at radius 3 is 2.31 bits per heavy atom. The molecule has 35 heavy (non-hydrogen) atoms. The third-order valence-corrected chi connectivity index (χ3v) is 9.36. The highest BCUT2D eigenvalue weighted by molar-refractivity contribution is 7.98. The molecule has 0 bridgehead atoms. The van der Waals surface area contributed by atoms with Gasteiger partial charge in [-0.2, -0.15) is 0 Å². The maximum Gasteiger partial charge on any atom is 0.227 e. The number of aryl methyl sites for hydroxylation is 1. The minimum Gasteiger partial charge on any atom is -0.326 e. The van der Waals surface area contributed by atoms with Gasteiger partial charge in [-0.1, -0.05) is 54.1 Å². The lowest BCUT2D eigenvalue weighted by molar-refractivity contribution is -0.120. The molecule has 1 fully saturated rings. The molecule has 1 amide bonds. The van der Waals surface area contributed by atoms with Crippen molar-refractivity contribution in [2.24, 2.45) is 5.92 Å². The molecule has 1 aliphatic rings. The highest BCUT2D eigenvalue weighted by Crippen LogP contribution is 2.27. The van der Waals surface area contributed by atoms with Gasteiger partial charge in [0.25, 0.3) is 0 Å². The number of amides is 1. The van der Waals surface area contributed by atoms with E-state index in [4.69, 9.17) is 11.6 Å². The molecule has 0 unspecified atom stereocenters. The highest BCUT2D eigenvalue weighted by atomic mass is 35.5. The molecule has 1 heterocycles. The number of thioether (sulfide) groups is 1. The van der Waals surface area contributed by atoms with Gasteiger partial charge < -0.3 is 5.32 Å². The van der Waals surface area contributed by atoms with Crippen LogP contribution in [0.1, 0.15) is 29.5 Å². The number of hydrogen-bond acceptors (Lipinski definition) is 4. The summed E-state index contributed by atoms with van der Waals surface area (Å²) in [5.74, 6) is 0.552. The van der Waals surface area contributed by atoms with Crippen LogP contribution < -0.4 is 5.32 Å². The molecule has 184 valence electrons. The molecule has 1 N–H and O–H groups in total. The van der Waals surface area contributed by atoms with Crippen molar-refractivity contribution in [2.75, 3.05) is 18.4 Å². The van der Waals surface area contributed by atoms with Gasteiger partial charge in [0, 0.05) is 40.4 Å². The Morgan fingerprint density at radius 1 is 1.00 bits per heavy atom. The van der Waals surface area contributed by atoms with E-state index in [-0.39, 0.29) is 17.6 Å². The van der Waals surface area contributed by atoms with Crippen LogP contribution in [0.5, 0.6) is 0 Å². The summed E-state index contributed by atoms with van der Waals surface area (Å²) < 4.78 is 27.1. The van der Waals surface area contributed by atoms with Crippen molar-refractivity contribution < 1.29 is 13.2 Å². The van der Waals surface area contributed by atoms with E-state index in [2.05, 4.69) is 23.5 Å². The quantitative estimate of drug-likeness (QED) is 0.358. The summed E-state index contributed by atoms with van der Waals surface area (Å²) in [6.07, 6.45) is 1.02. The van der Waals surface area contributed by atoms with Gasteiger partial charge in [0.1, 0.15) is 0 Å². The zero-order chi connectivity index (χ0) is 24.8. The van der Waals surface area contributed by atoms with E-state index in [1.807, 2.05) is 37.3 Å². The van der Waals surface area contributed by atoms with Crippen molar-refractivity contribution in [3.05, 3.63) is 94.5 Å². The van der Waals surface area contributed by atoms with Gasteiger partial charge in [0.05, 0.1) is 5.75 Å². The van der Waals surface area contributed by atoms with Gasteiger partial charge in [-0.15, -0.1) is 11.8 Å². The predicted molar refractivity (Wildman–Crippen MR) is 144 cm³/mol. The van der Waals surface area contributed by atoms with E-state index in [1.54, 1.807) is 36.0 Å². The van der Waals surface area contributed by atoms with Crippen molar-refractivity contribution >= 4 is 45.0 Å². The number of anilines is 1. The van der Waals surface area contributed by atoms with E-state index >= 15 is 0 Å². The minimum atomic E-state index is -3.44. The van der Waals surface area contributed by atoms with Crippen molar-refractivity contribution in [3.63, 3.8) is 0 Å². The number of nitrogens with zero attached hydrogens (tertiary/aromatic N) is 1. The van der Waals surface area contributed by atoms with Crippen LogP contribution in [0.25, 0.3) is 0 Å². The lowest BCUT2D eigenvalue weighted by atomic mass is 9.97. The summed E-state index contributed by atoms with van der Waals surface area (Å²) in [4.78, 5) is 14.1. The van der Waals surface area contributed by atoms with Crippen LogP contribution in [-0.2, 0) is 26.3 Å². The number of sulfonamides is 1. The van der Waals surface area contributed by atoms with Crippen molar-refractivity contribution in [2.45, 2.75) is 36.2 Å². The number of benzene rings is 3. The minimum absolute atomic E-state index is 0.0470. The van der Waals surface area contributed by atoms with E-state index in [0.29, 0.717) is 36.5 Å². The molecule has 1 saturated heterocycles. The number of piperidine rings is 1. The second kappa shape index (κ2) is 11.6. The fourth-order valence-corrected chi connectivity index (χ4v) is 6.70. The third kappa shape index (κ3) is 7.10. The summed E-state index contributed by atoms with van der Waals surface area (Å²) >= 11 is 7.67. The molecule has 1 aliphatic heterocycles. The number of halogens is 1. The first-order valence-electron chi connectivity index (χ1n) is 11.6. The Morgan fingerprint density at radius 2 is 1.66 bits per heavy atom. The number of rotatable bonds is 8. The fraction of sp³-hybridized carbons (Fsp3) is 0.296. The smallest absolute Gasteiger partial charge is 0.227 e. The van der Waals surface area contributed by atoms with Gasteiger partial charge in [-0.3, -0.25) is 4.79 Å².